The molecule has 0 saturated carbocycles. The minimum Gasteiger partial charge on any atom is -0.378 e. The van der Waals surface area contributed by atoms with Crippen LogP contribution in [-0.4, -0.2) is 37.4 Å². The Kier molecular flexibility index (Phi) is 2.88. The number of allylic oxidation sites excluding steroid dienone is 2. The van der Waals surface area contributed by atoms with Gasteiger partial charge in [-0.2, -0.15) is 0 Å². The second kappa shape index (κ2) is 4.02. The number of nitrogens with two attached hydrogens (primary N) is 2. The minimum atomic E-state index is -0.904. The van der Waals surface area contributed by atoms with E-state index in [2.05, 4.69) is 5.32 Å². The lowest BCUT2D eigenvalue weighted by molar-refractivity contribution is 0.0544. The van der Waals surface area contributed by atoms with Crippen molar-refractivity contribution in [2.45, 2.75) is 17.6 Å². The monoisotopic (exact) mass is 213 g/mol. The fourth-order valence-electron chi connectivity index (χ4n) is 1.96. The third-order valence-corrected chi connectivity index (χ3v) is 2.95. The molecule has 0 bridgehead atoms. The van der Waals surface area contributed by atoms with Gasteiger partial charge in [0.1, 0.15) is 5.83 Å². The van der Waals surface area contributed by atoms with Crippen molar-refractivity contribution in [2.24, 2.45) is 11.5 Å². The summed E-state index contributed by atoms with van der Waals surface area (Å²) in [5, 5.41) is 3.21. The van der Waals surface area contributed by atoms with E-state index in [0.29, 0.717) is 13.2 Å². The highest BCUT2D eigenvalue weighted by Gasteiger charge is 2.40. The third kappa shape index (κ3) is 1.96. The Morgan fingerprint density at radius 1 is 1.60 bits per heavy atom. The summed E-state index contributed by atoms with van der Waals surface area (Å²) in [5.74, 6) is -0.341. The normalized spacial score (nSPS) is 41.4. The van der Waals surface area contributed by atoms with Gasteiger partial charge in [-0.05, 0) is 12.2 Å². The van der Waals surface area contributed by atoms with Gasteiger partial charge in [0.15, 0.2) is 0 Å². The smallest absolute Gasteiger partial charge is 0.120 e. The summed E-state index contributed by atoms with van der Waals surface area (Å²) in [6, 6.07) is -0.534. The van der Waals surface area contributed by atoms with Crippen molar-refractivity contribution in [3.05, 3.63) is 24.1 Å². The lowest BCUT2D eigenvalue weighted by Crippen LogP contribution is -2.68. The molecule has 5 N–H and O–H groups in total. The minimum absolute atomic E-state index is 0.142. The zero-order valence-corrected chi connectivity index (χ0v) is 8.45. The lowest BCUT2D eigenvalue weighted by atomic mass is 9.80. The maximum atomic E-state index is 13.2. The third-order valence-electron chi connectivity index (χ3n) is 2.95. The van der Waals surface area contributed by atoms with Crippen LogP contribution in [-0.2, 0) is 4.74 Å². The Bertz CT molecular complexity index is 299. The summed E-state index contributed by atoms with van der Waals surface area (Å²) in [6.07, 6.45) is 4.31. The van der Waals surface area contributed by atoms with Crippen LogP contribution < -0.4 is 16.8 Å². The molecule has 3 atom stereocenters. The SMILES string of the molecule is NC1C=CC(F)=CC1(N)C1COCCN1. The van der Waals surface area contributed by atoms with Crippen molar-refractivity contribution in [3.8, 4) is 0 Å². The first-order valence-corrected chi connectivity index (χ1v) is 5.05. The van der Waals surface area contributed by atoms with E-state index in [1.807, 2.05) is 0 Å². The van der Waals surface area contributed by atoms with Crippen LogP contribution >= 0.6 is 0 Å². The van der Waals surface area contributed by atoms with E-state index in [9.17, 15) is 4.39 Å². The highest BCUT2D eigenvalue weighted by atomic mass is 19.1. The van der Waals surface area contributed by atoms with E-state index in [1.165, 1.54) is 12.2 Å². The van der Waals surface area contributed by atoms with Gasteiger partial charge in [-0.15, -0.1) is 0 Å². The Hall–Kier alpha value is -0.750. The standard InChI is InChI=1S/C10H16FN3O/c11-7-1-2-8(12)10(13,5-7)9-6-15-4-3-14-9/h1-2,5,8-9,14H,3-4,6,12-13H2. The molecule has 1 fully saturated rings. The largest absolute Gasteiger partial charge is 0.378 e. The average molecular weight is 213 g/mol. The second-order valence-corrected chi connectivity index (χ2v) is 4.00. The van der Waals surface area contributed by atoms with Gasteiger partial charge in [-0.25, -0.2) is 4.39 Å². The number of morpholine rings is 1. The lowest BCUT2D eigenvalue weighted by Gasteiger charge is -2.42. The number of rotatable bonds is 1. The molecule has 3 unspecified atom stereocenters. The number of ether oxygens (including phenoxy) is 1. The molecule has 0 spiro atoms. The van der Waals surface area contributed by atoms with Crippen LogP contribution in [0.2, 0.25) is 0 Å². The molecule has 1 heterocycles. The van der Waals surface area contributed by atoms with Gasteiger partial charge in [0, 0.05) is 12.6 Å². The first-order chi connectivity index (χ1) is 7.13. The van der Waals surface area contributed by atoms with Crippen LogP contribution in [0, 0.1) is 0 Å². The summed E-state index contributed by atoms with van der Waals surface area (Å²) < 4.78 is 18.5. The van der Waals surface area contributed by atoms with Crippen LogP contribution in [0.1, 0.15) is 0 Å². The first-order valence-electron chi connectivity index (χ1n) is 5.05. The van der Waals surface area contributed by atoms with Crippen molar-refractivity contribution in [3.63, 3.8) is 0 Å². The Morgan fingerprint density at radius 2 is 2.40 bits per heavy atom. The van der Waals surface area contributed by atoms with Gasteiger partial charge in [-0.3, -0.25) is 0 Å². The van der Waals surface area contributed by atoms with E-state index in [0.717, 1.165) is 6.54 Å². The molecule has 2 aliphatic rings. The quantitative estimate of drug-likeness (QED) is 0.545. The first kappa shape index (κ1) is 10.8. The van der Waals surface area contributed by atoms with Gasteiger partial charge in [0.05, 0.1) is 24.8 Å². The zero-order valence-electron chi connectivity index (χ0n) is 8.45. The van der Waals surface area contributed by atoms with Crippen LogP contribution in [0.4, 0.5) is 4.39 Å². The predicted molar refractivity (Wildman–Crippen MR) is 55.8 cm³/mol. The van der Waals surface area contributed by atoms with Crippen LogP contribution in [0.25, 0.3) is 0 Å². The molecular weight excluding hydrogens is 197 g/mol. The average Bonchev–Trinajstić information content (AvgIpc) is 2.25. The van der Waals surface area contributed by atoms with Crippen molar-refractivity contribution in [2.75, 3.05) is 19.8 Å². The highest BCUT2D eigenvalue weighted by Crippen LogP contribution is 2.23. The van der Waals surface area contributed by atoms with Crippen molar-refractivity contribution < 1.29 is 9.13 Å². The topological polar surface area (TPSA) is 73.3 Å². The summed E-state index contributed by atoms with van der Waals surface area (Å²) in [6.45, 7) is 1.83. The maximum absolute atomic E-state index is 13.2. The van der Waals surface area contributed by atoms with Gasteiger partial charge in [-0.1, -0.05) is 6.08 Å². The molecule has 84 valence electrons. The predicted octanol–water partition coefficient (Wildman–Crippen LogP) is -0.577. The van der Waals surface area contributed by atoms with Crippen molar-refractivity contribution in [1.82, 2.24) is 5.32 Å². The maximum Gasteiger partial charge on any atom is 0.120 e. The molecular formula is C10H16FN3O. The Morgan fingerprint density at radius 3 is 3.07 bits per heavy atom. The fraction of sp³-hybridized carbons (Fsp3) is 0.600. The molecule has 15 heavy (non-hydrogen) atoms. The van der Waals surface area contributed by atoms with Crippen molar-refractivity contribution in [1.29, 1.82) is 0 Å². The van der Waals surface area contributed by atoms with Crippen LogP contribution in [0.3, 0.4) is 0 Å². The molecule has 0 aromatic heterocycles. The molecule has 0 amide bonds. The molecule has 1 saturated heterocycles. The summed E-state index contributed by atoms with van der Waals surface area (Å²) >= 11 is 0. The van der Waals surface area contributed by atoms with Gasteiger partial charge < -0.3 is 21.5 Å². The van der Waals surface area contributed by atoms with E-state index in [4.69, 9.17) is 16.2 Å². The van der Waals surface area contributed by atoms with E-state index in [1.54, 1.807) is 6.08 Å². The van der Waals surface area contributed by atoms with E-state index >= 15 is 0 Å². The summed E-state index contributed by atoms with van der Waals surface area (Å²) in [7, 11) is 0. The number of hydrogen-bond donors (Lipinski definition) is 3. The fourth-order valence-corrected chi connectivity index (χ4v) is 1.96. The second-order valence-electron chi connectivity index (χ2n) is 4.00. The van der Waals surface area contributed by atoms with E-state index < -0.39 is 11.6 Å². The van der Waals surface area contributed by atoms with Gasteiger partial charge >= 0.3 is 0 Å². The molecule has 2 rings (SSSR count). The van der Waals surface area contributed by atoms with Crippen LogP contribution in [0.15, 0.2) is 24.1 Å². The number of hydrogen-bond acceptors (Lipinski definition) is 4. The summed E-state index contributed by atoms with van der Waals surface area (Å²) in [4.78, 5) is 0. The Balaban J connectivity index is 2.19. The molecule has 0 radical (unpaired) electrons. The zero-order chi connectivity index (χ0) is 10.9. The highest BCUT2D eigenvalue weighted by molar-refractivity contribution is 5.32. The number of halogens is 1. The molecule has 4 nitrogen and oxygen atoms in total. The molecule has 0 aromatic rings. The van der Waals surface area contributed by atoms with Crippen LogP contribution in [0.5, 0.6) is 0 Å². The molecule has 0 aromatic carbocycles. The molecule has 1 aliphatic carbocycles. The Labute approximate surface area is 88.1 Å². The van der Waals surface area contributed by atoms with E-state index in [-0.39, 0.29) is 11.9 Å². The number of nitrogens with one attached hydrogen (secondary N) is 1. The van der Waals surface area contributed by atoms with Crippen molar-refractivity contribution >= 4 is 0 Å². The summed E-state index contributed by atoms with van der Waals surface area (Å²) in [5.41, 5.74) is 11.1. The van der Waals surface area contributed by atoms with Gasteiger partial charge in [0.2, 0.25) is 0 Å². The molecule has 5 heteroatoms. The van der Waals surface area contributed by atoms with Gasteiger partial charge in [0.25, 0.3) is 0 Å². The molecule has 1 aliphatic heterocycles.